The van der Waals surface area contributed by atoms with Crippen molar-refractivity contribution in [2.24, 2.45) is 5.73 Å². The maximum absolute atomic E-state index is 13.2. The van der Waals surface area contributed by atoms with Crippen LogP contribution in [0.5, 0.6) is 0 Å². The Labute approximate surface area is 106 Å². The van der Waals surface area contributed by atoms with Crippen molar-refractivity contribution in [1.29, 1.82) is 0 Å². The van der Waals surface area contributed by atoms with Crippen LogP contribution >= 0.6 is 0 Å². The summed E-state index contributed by atoms with van der Waals surface area (Å²) in [5.41, 5.74) is 6.94. The zero-order valence-corrected chi connectivity index (χ0v) is 10.5. The molecule has 0 spiro atoms. The van der Waals surface area contributed by atoms with Gasteiger partial charge in [-0.1, -0.05) is 6.07 Å². The lowest BCUT2D eigenvalue weighted by Crippen LogP contribution is -2.52. The number of hydrogen-bond acceptors (Lipinski definition) is 3. The van der Waals surface area contributed by atoms with E-state index in [2.05, 4.69) is 0 Å². The number of hydrogen-bond donors (Lipinski definition) is 1. The summed E-state index contributed by atoms with van der Waals surface area (Å²) >= 11 is 0. The zero-order valence-electron chi connectivity index (χ0n) is 10.5. The van der Waals surface area contributed by atoms with Crippen molar-refractivity contribution in [1.82, 2.24) is 0 Å². The van der Waals surface area contributed by atoms with Crippen LogP contribution in [-0.2, 0) is 16.0 Å². The van der Waals surface area contributed by atoms with Gasteiger partial charge in [0.1, 0.15) is 5.82 Å². The van der Waals surface area contributed by atoms with Crippen LogP contribution in [0.15, 0.2) is 18.2 Å². The lowest BCUT2D eigenvalue weighted by molar-refractivity contribution is -0.126. The van der Waals surface area contributed by atoms with Gasteiger partial charge in [-0.15, -0.1) is 0 Å². The van der Waals surface area contributed by atoms with Gasteiger partial charge in [-0.2, -0.15) is 0 Å². The van der Waals surface area contributed by atoms with Crippen LogP contribution in [0.2, 0.25) is 0 Å². The van der Waals surface area contributed by atoms with E-state index < -0.39 is 5.54 Å². The van der Waals surface area contributed by atoms with Gasteiger partial charge in [-0.25, -0.2) is 4.39 Å². The number of Topliss-reactive ketones (excluding diaryl/α,β-unsaturated/α-hetero) is 1. The number of nitrogens with two attached hydrogens (primary N) is 1. The van der Waals surface area contributed by atoms with Crippen LogP contribution in [0.1, 0.15) is 24.0 Å². The second kappa shape index (κ2) is 5.16. The van der Waals surface area contributed by atoms with Gasteiger partial charge in [-0.3, -0.25) is 4.79 Å². The molecule has 0 aliphatic carbocycles. The molecule has 1 fully saturated rings. The Balaban J connectivity index is 2.13. The van der Waals surface area contributed by atoms with Crippen molar-refractivity contribution in [2.45, 2.75) is 31.7 Å². The Morgan fingerprint density at radius 2 is 2.11 bits per heavy atom. The van der Waals surface area contributed by atoms with E-state index in [1.165, 1.54) is 12.1 Å². The maximum Gasteiger partial charge on any atom is 0.157 e. The summed E-state index contributed by atoms with van der Waals surface area (Å²) in [7, 11) is 0. The zero-order chi connectivity index (χ0) is 13.2. The van der Waals surface area contributed by atoms with Crippen LogP contribution in [0.3, 0.4) is 0 Å². The minimum absolute atomic E-state index is 0.0282. The Hall–Kier alpha value is -1.26. The largest absolute Gasteiger partial charge is 0.381 e. The molecule has 0 aromatic heterocycles. The van der Waals surface area contributed by atoms with Crippen LogP contribution in [0.25, 0.3) is 0 Å². The van der Waals surface area contributed by atoms with Crippen LogP contribution < -0.4 is 5.73 Å². The molecule has 0 atom stereocenters. The van der Waals surface area contributed by atoms with Crippen molar-refractivity contribution < 1.29 is 13.9 Å². The number of aryl methyl sites for hydroxylation is 1. The molecule has 0 saturated carbocycles. The molecular weight excluding hydrogens is 233 g/mol. The Morgan fingerprint density at radius 1 is 1.44 bits per heavy atom. The van der Waals surface area contributed by atoms with Crippen LogP contribution in [-0.4, -0.2) is 24.5 Å². The van der Waals surface area contributed by atoms with Crippen molar-refractivity contribution >= 4 is 5.78 Å². The lowest BCUT2D eigenvalue weighted by Gasteiger charge is -2.32. The predicted octanol–water partition coefficient (Wildman–Crippen LogP) is 1.75. The number of halogens is 1. The second-order valence-corrected chi connectivity index (χ2v) is 4.94. The molecule has 1 aliphatic heterocycles. The van der Waals surface area contributed by atoms with E-state index >= 15 is 0 Å². The Kier molecular flexibility index (Phi) is 3.78. The fourth-order valence-corrected chi connectivity index (χ4v) is 2.19. The molecular formula is C14H18FNO2. The number of ketones is 1. The highest BCUT2D eigenvalue weighted by molar-refractivity contribution is 5.90. The third-order valence-electron chi connectivity index (χ3n) is 3.60. The van der Waals surface area contributed by atoms with Crippen molar-refractivity contribution in [3.8, 4) is 0 Å². The number of ether oxygens (including phenoxy) is 1. The molecule has 2 rings (SSSR count). The first-order valence-corrected chi connectivity index (χ1v) is 6.16. The van der Waals surface area contributed by atoms with E-state index in [9.17, 15) is 9.18 Å². The monoisotopic (exact) mass is 251 g/mol. The van der Waals surface area contributed by atoms with Crippen molar-refractivity contribution in [3.63, 3.8) is 0 Å². The average molecular weight is 251 g/mol. The summed E-state index contributed by atoms with van der Waals surface area (Å²) in [6.07, 6.45) is 1.28. The summed E-state index contributed by atoms with van der Waals surface area (Å²) in [5.74, 6) is -0.346. The highest BCUT2D eigenvalue weighted by atomic mass is 19.1. The first kappa shape index (κ1) is 13.2. The number of benzene rings is 1. The number of rotatable bonds is 3. The van der Waals surface area contributed by atoms with E-state index in [4.69, 9.17) is 10.5 Å². The molecule has 2 N–H and O–H groups in total. The average Bonchev–Trinajstić information content (AvgIpc) is 2.35. The van der Waals surface area contributed by atoms with E-state index in [-0.39, 0.29) is 18.0 Å². The molecule has 1 heterocycles. The minimum atomic E-state index is -0.809. The third kappa shape index (κ3) is 2.76. The first-order chi connectivity index (χ1) is 8.51. The minimum Gasteiger partial charge on any atom is -0.381 e. The topological polar surface area (TPSA) is 52.3 Å². The van der Waals surface area contributed by atoms with E-state index in [0.29, 0.717) is 26.1 Å². The highest BCUT2D eigenvalue weighted by Gasteiger charge is 2.35. The van der Waals surface area contributed by atoms with Gasteiger partial charge in [0.15, 0.2) is 5.78 Å². The molecule has 1 saturated heterocycles. The van der Waals surface area contributed by atoms with Gasteiger partial charge in [-0.05, 0) is 43.0 Å². The molecule has 0 amide bonds. The summed E-state index contributed by atoms with van der Waals surface area (Å²) in [5, 5.41) is 0. The standard InChI is InChI=1S/C14H18FNO2/c1-10-2-3-12(15)8-11(10)9-13(17)14(16)4-6-18-7-5-14/h2-3,8H,4-7,9,16H2,1H3. The molecule has 18 heavy (non-hydrogen) atoms. The Morgan fingerprint density at radius 3 is 2.78 bits per heavy atom. The van der Waals surface area contributed by atoms with Gasteiger partial charge in [0.25, 0.3) is 0 Å². The van der Waals surface area contributed by atoms with Gasteiger partial charge < -0.3 is 10.5 Å². The van der Waals surface area contributed by atoms with Gasteiger partial charge in [0.05, 0.1) is 5.54 Å². The second-order valence-electron chi connectivity index (χ2n) is 4.94. The van der Waals surface area contributed by atoms with E-state index in [1.54, 1.807) is 6.07 Å². The quantitative estimate of drug-likeness (QED) is 0.890. The molecule has 0 unspecified atom stereocenters. The third-order valence-corrected chi connectivity index (χ3v) is 3.60. The molecule has 1 aromatic carbocycles. The molecule has 98 valence electrons. The fraction of sp³-hybridized carbons (Fsp3) is 0.500. The van der Waals surface area contributed by atoms with Crippen molar-refractivity contribution in [2.75, 3.05) is 13.2 Å². The number of carbonyl (C=O) groups is 1. The molecule has 1 aromatic rings. The summed E-state index contributed by atoms with van der Waals surface area (Å²) < 4.78 is 18.4. The highest BCUT2D eigenvalue weighted by Crippen LogP contribution is 2.22. The maximum atomic E-state index is 13.2. The number of carbonyl (C=O) groups excluding carboxylic acids is 1. The SMILES string of the molecule is Cc1ccc(F)cc1CC(=O)C1(N)CCOCC1. The summed E-state index contributed by atoms with van der Waals surface area (Å²) in [4.78, 5) is 12.2. The normalized spacial score (nSPS) is 18.6. The first-order valence-electron chi connectivity index (χ1n) is 6.16. The predicted molar refractivity (Wildman–Crippen MR) is 66.8 cm³/mol. The lowest BCUT2D eigenvalue weighted by atomic mass is 9.83. The van der Waals surface area contributed by atoms with Crippen LogP contribution in [0.4, 0.5) is 4.39 Å². The molecule has 4 heteroatoms. The van der Waals surface area contributed by atoms with Crippen molar-refractivity contribution in [3.05, 3.63) is 35.1 Å². The molecule has 1 aliphatic rings. The van der Waals surface area contributed by atoms with E-state index in [1.807, 2.05) is 6.92 Å². The molecule has 0 radical (unpaired) electrons. The molecule has 3 nitrogen and oxygen atoms in total. The summed E-state index contributed by atoms with van der Waals surface area (Å²) in [6, 6.07) is 4.50. The van der Waals surface area contributed by atoms with E-state index in [0.717, 1.165) is 11.1 Å². The summed E-state index contributed by atoms with van der Waals surface area (Å²) in [6.45, 7) is 2.91. The van der Waals surface area contributed by atoms with Gasteiger partial charge >= 0.3 is 0 Å². The van der Waals surface area contributed by atoms with Gasteiger partial charge in [0, 0.05) is 19.6 Å². The Bertz CT molecular complexity index is 453. The smallest absolute Gasteiger partial charge is 0.157 e. The molecule has 0 bridgehead atoms. The van der Waals surface area contributed by atoms with Gasteiger partial charge in [0.2, 0.25) is 0 Å². The fourth-order valence-electron chi connectivity index (χ4n) is 2.19. The van der Waals surface area contributed by atoms with Crippen LogP contribution in [0, 0.1) is 12.7 Å².